The lowest BCUT2D eigenvalue weighted by atomic mass is 10.2. The zero-order valence-electron chi connectivity index (χ0n) is 11.6. The summed E-state index contributed by atoms with van der Waals surface area (Å²) in [7, 11) is 0. The van der Waals surface area contributed by atoms with Gasteiger partial charge in [0.05, 0.1) is 10.4 Å². The van der Waals surface area contributed by atoms with Gasteiger partial charge in [-0.3, -0.25) is 5.32 Å². The van der Waals surface area contributed by atoms with Gasteiger partial charge in [-0.25, -0.2) is 9.78 Å². The van der Waals surface area contributed by atoms with Crippen LogP contribution in [0.5, 0.6) is 0 Å². The Morgan fingerprint density at radius 2 is 2.15 bits per heavy atom. The zero-order valence-corrected chi connectivity index (χ0v) is 12.5. The van der Waals surface area contributed by atoms with Crippen molar-refractivity contribution in [1.29, 1.82) is 0 Å². The molecule has 0 bridgehead atoms. The van der Waals surface area contributed by atoms with Crippen LogP contribution in [0.25, 0.3) is 10.4 Å². The van der Waals surface area contributed by atoms with Crippen LogP contribution >= 0.6 is 11.3 Å². The average Bonchev–Trinajstić information content (AvgIpc) is 2.74. The summed E-state index contributed by atoms with van der Waals surface area (Å²) in [5.74, 6) is 0.481. The Labute approximate surface area is 121 Å². The van der Waals surface area contributed by atoms with Gasteiger partial charge in [0.1, 0.15) is 5.60 Å². The van der Waals surface area contributed by atoms with Crippen LogP contribution in [0.4, 0.5) is 16.3 Å². The molecule has 0 aliphatic rings. The van der Waals surface area contributed by atoms with E-state index < -0.39 is 11.7 Å². The molecule has 1 aromatic carbocycles. The number of amides is 1. The third-order valence-electron chi connectivity index (χ3n) is 2.34. The monoisotopic (exact) mass is 291 g/mol. The van der Waals surface area contributed by atoms with Crippen molar-refractivity contribution in [2.45, 2.75) is 26.4 Å². The molecule has 5 nitrogen and oxygen atoms in total. The third-order valence-corrected chi connectivity index (χ3v) is 3.21. The van der Waals surface area contributed by atoms with Crippen LogP contribution in [-0.4, -0.2) is 16.7 Å². The highest BCUT2D eigenvalue weighted by Gasteiger charge is 2.18. The summed E-state index contributed by atoms with van der Waals surface area (Å²) in [4.78, 5) is 16.8. The Kier molecular flexibility index (Phi) is 3.94. The average molecular weight is 291 g/mol. The molecule has 106 valence electrons. The molecule has 0 fully saturated rings. The van der Waals surface area contributed by atoms with Crippen molar-refractivity contribution in [1.82, 2.24) is 4.98 Å². The molecule has 0 unspecified atom stereocenters. The molecule has 0 aliphatic heterocycles. The Hall–Kier alpha value is -2.08. The van der Waals surface area contributed by atoms with Crippen LogP contribution in [0.3, 0.4) is 0 Å². The van der Waals surface area contributed by atoms with E-state index in [0.717, 1.165) is 10.4 Å². The van der Waals surface area contributed by atoms with E-state index in [-0.39, 0.29) is 0 Å². The van der Waals surface area contributed by atoms with Crippen molar-refractivity contribution in [2.75, 3.05) is 11.1 Å². The topological polar surface area (TPSA) is 77.2 Å². The number of hydrogen-bond donors (Lipinski definition) is 2. The normalized spacial score (nSPS) is 11.2. The molecule has 1 amide bonds. The highest BCUT2D eigenvalue weighted by molar-refractivity contribution is 7.13. The van der Waals surface area contributed by atoms with E-state index in [4.69, 9.17) is 10.5 Å². The van der Waals surface area contributed by atoms with E-state index in [1.807, 2.05) is 45.0 Å². The fraction of sp³-hybridized carbons (Fsp3) is 0.286. The second kappa shape index (κ2) is 5.50. The van der Waals surface area contributed by atoms with Crippen molar-refractivity contribution in [2.24, 2.45) is 0 Å². The number of nitrogens with one attached hydrogen (secondary N) is 1. The van der Waals surface area contributed by atoms with E-state index in [0.29, 0.717) is 11.5 Å². The number of benzene rings is 1. The molecule has 0 atom stereocenters. The summed E-state index contributed by atoms with van der Waals surface area (Å²) in [5.41, 5.74) is 8.48. The molecule has 20 heavy (non-hydrogen) atoms. The number of nitrogen functional groups attached to an aromatic ring is 1. The van der Waals surface area contributed by atoms with Gasteiger partial charge in [0.2, 0.25) is 0 Å². The summed E-state index contributed by atoms with van der Waals surface area (Å²) < 4.78 is 5.22. The molecular formula is C14H17N3O2S. The first kappa shape index (κ1) is 14.3. The van der Waals surface area contributed by atoms with Crippen molar-refractivity contribution in [3.05, 3.63) is 29.8 Å². The molecular weight excluding hydrogens is 274 g/mol. The SMILES string of the molecule is CC(C)(C)OC(=O)Nc1ncsc1-c1cccc(N)c1. The first-order valence-corrected chi connectivity index (χ1v) is 7.02. The lowest BCUT2D eigenvalue weighted by Crippen LogP contribution is -2.27. The Bertz CT molecular complexity index is 617. The maximum absolute atomic E-state index is 11.8. The van der Waals surface area contributed by atoms with E-state index in [2.05, 4.69) is 10.3 Å². The van der Waals surface area contributed by atoms with Crippen molar-refractivity contribution in [3.8, 4) is 10.4 Å². The van der Waals surface area contributed by atoms with Crippen molar-refractivity contribution in [3.63, 3.8) is 0 Å². The number of nitrogens with two attached hydrogens (primary N) is 1. The number of anilines is 2. The van der Waals surface area contributed by atoms with E-state index in [1.165, 1.54) is 11.3 Å². The summed E-state index contributed by atoms with van der Waals surface area (Å²) in [6.07, 6.45) is -0.520. The van der Waals surface area contributed by atoms with Crippen LogP contribution in [-0.2, 0) is 4.74 Å². The lowest BCUT2D eigenvalue weighted by molar-refractivity contribution is 0.0635. The van der Waals surface area contributed by atoms with Crippen LogP contribution in [0.15, 0.2) is 29.8 Å². The van der Waals surface area contributed by atoms with Gasteiger partial charge in [0.25, 0.3) is 0 Å². The third kappa shape index (κ3) is 3.71. The van der Waals surface area contributed by atoms with Crippen LogP contribution in [0, 0.1) is 0 Å². The molecule has 3 N–H and O–H groups in total. The predicted molar refractivity (Wildman–Crippen MR) is 81.8 cm³/mol. The molecule has 1 heterocycles. The molecule has 0 aliphatic carbocycles. The highest BCUT2D eigenvalue weighted by Crippen LogP contribution is 2.32. The van der Waals surface area contributed by atoms with Gasteiger partial charge < -0.3 is 10.5 Å². The number of ether oxygens (including phenoxy) is 1. The standard InChI is InChI=1S/C14H17N3O2S/c1-14(2,3)19-13(18)17-12-11(20-8-16-12)9-5-4-6-10(15)7-9/h4-8H,15H2,1-3H3,(H,17,18). The minimum atomic E-state index is -0.544. The molecule has 0 radical (unpaired) electrons. The molecule has 6 heteroatoms. The van der Waals surface area contributed by atoms with Gasteiger partial charge >= 0.3 is 6.09 Å². The smallest absolute Gasteiger partial charge is 0.413 e. The fourth-order valence-corrected chi connectivity index (χ4v) is 2.36. The van der Waals surface area contributed by atoms with Crippen molar-refractivity contribution < 1.29 is 9.53 Å². The minimum Gasteiger partial charge on any atom is -0.444 e. The number of rotatable bonds is 2. The predicted octanol–water partition coefficient (Wildman–Crippen LogP) is 3.74. The number of carbonyl (C=O) groups excluding carboxylic acids is 1. The maximum atomic E-state index is 11.8. The molecule has 2 aromatic rings. The van der Waals surface area contributed by atoms with Gasteiger partial charge in [-0.05, 0) is 38.5 Å². The van der Waals surface area contributed by atoms with E-state index >= 15 is 0 Å². The number of carbonyl (C=O) groups is 1. The summed E-state index contributed by atoms with van der Waals surface area (Å²) in [6.45, 7) is 5.44. The Balaban J connectivity index is 2.19. The van der Waals surface area contributed by atoms with Gasteiger partial charge in [-0.15, -0.1) is 11.3 Å². The van der Waals surface area contributed by atoms with E-state index in [9.17, 15) is 4.79 Å². The number of thiazole rings is 1. The Morgan fingerprint density at radius 3 is 2.80 bits per heavy atom. The maximum Gasteiger partial charge on any atom is 0.413 e. The van der Waals surface area contributed by atoms with E-state index in [1.54, 1.807) is 5.51 Å². The van der Waals surface area contributed by atoms with Gasteiger partial charge in [-0.1, -0.05) is 12.1 Å². The molecule has 2 rings (SSSR count). The first-order chi connectivity index (χ1) is 9.35. The number of nitrogens with zero attached hydrogens (tertiary/aromatic N) is 1. The molecule has 0 saturated carbocycles. The quantitative estimate of drug-likeness (QED) is 0.826. The van der Waals surface area contributed by atoms with Crippen LogP contribution in [0.2, 0.25) is 0 Å². The lowest BCUT2D eigenvalue weighted by Gasteiger charge is -2.19. The molecule has 0 saturated heterocycles. The second-order valence-corrected chi connectivity index (χ2v) is 6.14. The number of aromatic nitrogens is 1. The molecule has 1 aromatic heterocycles. The van der Waals surface area contributed by atoms with Gasteiger partial charge in [0, 0.05) is 5.69 Å². The summed E-state index contributed by atoms with van der Waals surface area (Å²) in [6, 6.07) is 7.44. The van der Waals surface area contributed by atoms with Crippen LogP contribution in [0.1, 0.15) is 20.8 Å². The highest BCUT2D eigenvalue weighted by atomic mass is 32.1. The first-order valence-electron chi connectivity index (χ1n) is 6.14. The minimum absolute atomic E-state index is 0.481. The number of hydrogen-bond acceptors (Lipinski definition) is 5. The summed E-state index contributed by atoms with van der Waals surface area (Å²) in [5, 5.41) is 2.66. The fourth-order valence-electron chi connectivity index (χ4n) is 1.62. The van der Waals surface area contributed by atoms with Crippen LogP contribution < -0.4 is 11.1 Å². The van der Waals surface area contributed by atoms with Gasteiger partial charge in [0.15, 0.2) is 5.82 Å². The zero-order chi connectivity index (χ0) is 14.8. The van der Waals surface area contributed by atoms with Gasteiger partial charge in [-0.2, -0.15) is 0 Å². The summed E-state index contributed by atoms with van der Waals surface area (Å²) >= 11 is 1.43. The Morgan fingerprint density at radius 1 is 1.40 bits per heavy atom. The molecule has 0 spiro atoms. The second-order valence-electron chi connectivity index (χ2n) is 5.28. The van der Waals surface area contributed by atoms with Crippen molar-refractivity contribution >= 4 is 28.9 Å². The largest absolute Gasteiger partial charge is 0.444 e.